The van der Waals surface area contributed by atoms with Crippen LogP contribution < -0.4 is 10.6 Å². The van der Waals surface area contributed by atoms with Crippen LogP contribution in [0.3, 0.4) is 0 Å². The molecular weight excluding hydrogens is 282 g/mol. The van der Waals surface area contributed by atoms with Crippen molar-refractivity contribution < 1.29 is 14.3 Å². The van der Waals surface area contributed by atoms with Gasteiger partial charge in [0, 0.05) is 5.92 Å². The van der Waals surface area contributed by atoms with Gasteiger partial charge in [-0.05, 0) is 44.2 Å². The van der Waals surface area contributed by atoms with E-state index in [-0.39, 0.29) is 30.4 Å². The van der Waals surface area contributed by atoms with Crippen molar-refractivity contribution in [3.63, 3.8) is 0 Å². The zero-order valence-electron chi connectivity index (χ0n) is 12.5. The number of hydrogen-bond donors (Lipinski definition) is 2. The molecule has 0 saturated heterocycles. The lowest BCUT2D eigenvalue weighted by Crippen LogP contribution is -2.28. The summed E-state index contributed by atoms with van der Waals surface area (Å²) in [7, 11) is 0. The van der Waals surface area contributed by atoms with Gasteiger partial charge in [-0.3, -0.25) is 9.59 Å². The van der Waals surface area contributed by atoms with Gasteiger partial charge >= 0.3 is 0 Å². The Balaban J connectivity index is 1.43. The van der Waals surface area contributed by atoms with Crippen molar-refractivity contribution in [1.82, 2.24) is 4.98 Å². The fourth-order valence-electron chi connectivity index (χ4n) is 2.37. The highest BCUT2D eigenvalue weighted by atomic mass is 16.5. The van der Waals surface area contributed by atoms with Crippen molar-refractivity contribution in [1.29, 1.82) is 0 Å². The summed E-state index contributed by atoms with van der Waals surface area (Å²) in [6.45, 7) is 0.0620. The highest BCUT2D eigenvalue weighted by Gasteiger charge is 2.25. The third-order valence-corrected chi connectivity index (χ3v) is 4.28. The first kappa shape index (κ1) is 15.0. The molecule has 22 heavy (non-hydrogen) atoms. The van der Waals surface area contributed by atoms with Gasteiger partial charge in [0.2, 0.25) is 5.91 Å². The maximum Gasteiger partial charge on any atom is 0.251 e. The summed E-state index contributed by atoms with van der Waals surface area (Å²) in [5, 5.41) is 5.52. The minimum atomic E-state index is -0.203. The zero-order valence-corrected chi connectivity index (χ0v) is 12.5. The summed E-state index contributed by atoms with van der Waals surface area (Å²) in [6, 6.07) is 3.42. The summed E-state index contributed by atoms with van der Waals surface area (Å²) < 4.78 is 5.44. The molecule has 6 nitrogen and oxygen atoms in total. The largest absolute Gasteiger partial charge is 0.368 e. The lowest BCUT2D eigenvalue weighted by molar-refractivity contribution is -0.124. The Morgan fingerprint density at radius 3 is 2.45 bits per heavy atom. The normalized spacial score (nSPS) is 18.2. The van der Waals surface area contributed by atoms with Crippen LogP contribution >= 0.6 is 0 Å². The number of carbonyl (C=O) groups is 2. The maximum absolute atomic E-state index is 11.8. The van der Waals surface area contributed by atoms with Crippen LogP contribution in [-0.2, 0) is 14.3 Å². The van der Waals surface area contributed by atoms with E-state index in [9.17, 15) is 9.59 Å². The molecule has 2 N–H and O–H groups in total. The van der Waals surface area contributed by atoms with Crippen LogP contribution in [-0.4, -0.2) is 29.5 Å². The summed E-state index contributed by atoms with van der Waals surface area (Å²) in [6.07, 6.45) is 8.12. The number of rotatable bonds is 6. The third-order valence-electron chi connectivity index (χ3n) is 4.28. The van der Waals surface area contributed by atoms with E-state index in [0.29, 0.717) is 11.5 Å². The van der Waals surface area contributed by atoms with E-state index in [1.165, 1.54) is 6.42 Å². The van der Waals surface area contributed by atoms with Crippen LogP contribution in [0.1, 0.15) is 38.5 Å². The fraction of sp³-hybridized carbons (Fsp3) is 0.562. The Kier molecular flexibility index (Phi) is 4.68. The van der Waals surface area contributed by atoms with Crippen LogP contribution in [0.5, 0.6) is 0 Å². The number of amides is 2. The van der Waals surface area contributed by atoms with Crippen molar-refractivity contribution in [2.45, 2.75) is 44.6 Å². The zero-order chi connectivity index (χ0) is 15.4. The molecule has 6 heteroatoms. The van der Waals surface area contributed by atoms with E-state index >= 15 is 0 Å². The minimum absolute atomic E-state index is 0.0544. The van der Waals surface area contributed by atoms with Crippen molar-refractivity contribution in [3.8, 4) is 0 Å². The molecule has 2 saturated carbocycles. The molecule has 1 aromatic rings. The fourth-order valence-corrected chi connectivity index (χ4v) is 2.37. The molecule has 0 atom stereocenters. The van der Waals surface area contributed by atoms with E-state index in [2.05, 4.69) is 15.6 Å². The molecule has 2 aliphatic carbocycles. The second-order valence-electron chi connectivity index (χ2n) is 5.96. The summed E-state index contributed by atoms with van der Waals surface area (Å²) in [4.78, 5) is 27.7. The van der Waals surface area contributed by atoms with Gasteiger partial charge in [-0.15, -0.1) is 0 Å². The first-order valence-corrected chi connectivity index (χ1v) is 7.89. The lowest BCUT2D eigenvalue weighted by Gasteiger charge is -2.25. The molecule has 118 valence electrons. The second kappa shape index (κ2) is 6.87. The highest BCUT2D eigenvalue weighted by molar-refractivity contribution is 5.93. The summed E-state index contributed by atoms with van der Waals surface area (Å²) >= 11 is 0. The first-order valence-electron chi connectivity index (χ1n) is 7.89. The van der Waals surface area contributed by atoms with Crippen LogP contribution in [0.15, 0.2) is 18.3 Å². The average molecular weight is 303 g/mol. The van der Waals surface area contributed by atoms with Gasteiger partial charge in [0.15, 0.2) is 0 Å². The standard InChI is InChI=1S/C16H21N3O3/c20-15(10-22-13-5-2-6-13)19-14-8-7-12(9-17-14)18-16(21)11-3-1-4-11/h7-9,11,13H,1-6,10H2,(H,18,21)(H,17,19,20). The Morgan fingerprint density at radius 2 is 1.91 bits per heavy atom. The lowest BCUT2D eigenvalue weighted by atomic mass is 9.85. The van der Waals surface area contributed by atoms with Crippen LogP contribution in [0.4, 0.5) is 11.5 Å². The van der Waals surface area contributed by atoms with Gasteiger partial charge < -0.3 is 15.4 Å². The Morgan fingerprint density at radius 1 is 1.14 bits per heavy atom. The van der Waals surface area contributed by atoms with Gasteiger partial charge in [0.05, 0.1) is 18.0 Å². The Hall–Kier alpha value is -1.95. The quantitative estimate of drug-likeness (QED) is 0.845. The topological polar surface area (TPSA) is 80.3 Å². The number of anilines is 2. The van der Waals surface area contributed by atoms with Crippen LogP contribution in [0, 0.1) is 5.92 Å². The molecule has 0 spiro atoms. The SMILES string of the molecule is O=C(COC1CCC1)Nc1ccc(NC(=O)C2CCC2)cn1. The van der Waals surface area contributed by atoms with Gasteiger partial charge in [-0.2, -0.15) is 0 Å². The number of aromatic nitrogens is 1. The Bertz CT molecular complexity index is 536. The van der Waals surface area contributed by atoms with Crippen LogP contribution in [0.25, 0.3) is 0 Å². The molecule has 1 aromatic heterocycles. The van der Waals surface area contributed by atoms with Crippen LogP contribution in [0.2, 0.25) is 0 Å². The predicted octanol–water partition coefficient (Wildman–Crippen LogP) is 2.33. The summed E-state index contributed by atoms with van der Waals surface area (Å²) in [5.74, 6) is 0.455. The molecule has 0 aliphatic heterocycles. The number of carbonyl (C=O) groups excluding carboxylic acids is 2. The van der Waals surface area contributed by atoms with E-state index in [1.807, 2.05) is 0 Å². The average Bonchev–Trinajstić information content (AvgIpc) is 2.37. The van der Waals surface area contributed by atoms with Gasteiger partial charge in [0.25, 0.3) is 5.91 Å². The smallest absolute Gasteiger partial charge is 0.251 e. The maximum atomic E-state index is 11.8. The molecule has 2 fully saturated rings. The van der Waals surface area contributed by atoms with Crippen molar-refractivity contribution >= 4 is 23.3 Å². The molecule has 2 amide bonds. The van der Waals surface area contributed by atoms with E-state index in [4.69, 9.17) is 4.74 Å². The molecular formula is C16H21N3O3. The number of ether oxygens (including phenoxy) is 1. The van der Waals surface area contributed by atoms with Gasteiger partial charge in [-0.1, -0.05) is 6.42 Å². The van der Waals surface area contributed by atoms with E-state index in [0.717, 1.165) is 32.1 Å². The second-order valence-corrected chi connectivity index (χ2v) is 5.96. The number of pyridine rings is 1. The van der Waals surface area contributed by atoms with Crippen molar-refractivity contribution in [2.24, 2.45) is 5.92 Å². The highest BCUT2D eigenvalue weighted by Crippen LogP contribution is 2.27. The van der Waals surface area contributed by atoms with Gasteiger partial charge in [-0.25, -0.2) is 4.98 Å². The third kappa shape index (κ3) is 3.82. The number of nitrogens with one attached hydrogen (secondary N) is 2. The number of hydrogen-bond acceptors (Lipinski definition) is 4. The van der Waals surface area contributed by atoms with Gasteiger partial charge in [0.1, 0.15) is 12.4 Å². The minimum Gasteiger partial charge on any atom is -0.368 e. The van der Waals surface area contributed by atoms with Crippen molar-refractivity contribution in [3.05, 3.63) is 18.3 Å². The predicted molar refractivity (Wildman–Crippen MR) is 82.4 cm³/mol. The summed E-state index contributed by atoms with van der Waals surface area (Å²) in [5.41, 5.74) is 0.653. The molecule has 2 aliphatic rings. The molecule has 0 unspecified atom stereocenters. The molecule has 0 bridgehead atoms. The monoisotopic (exact) mass is 303 g/mol. The molecule has 0 radical (unpaired) electrons. The molecule has 1 heterocycles. The van der Waals surface area contributed by atoms with E-state index in [1.54, 1.807) is 18.3 Å². The first-order chi connectivity index (χ1) is 10.7. The molecule has 3 rings (SSSR count). The number of nitrogens with zero attached hydrogens (tertiary/aromatic N) is 1. The molecule has 0 aromatic carbocycles. The van der Waals surface area contributed by atoms with Crippen molar-refractivity contribution in [2.75, 3.05) is 17.2 Å². The Labute approximate surface area is 129 Å². The van der Waals surface area contributed by atoms with E-state index < -0.39 is 0 Å².